The van der Waals surface area contributed by atoms with Gasteiger partial charge in [0.25, 0.3) is 0 Å². The Bertz CT molecular complexity index is 1140. The number of urea groups is 1. The number of rotatable bonds is 8. The molecule has 36 heavy (non-hydrogen) atoms. The highest BCUT2D eigenvalue weighted by Gasteiger charge is 2.35. The third-order valence-electron chi connectivity index (χ3n) is 7.28. The first-order valence-electron chi connectivity index (χ1n) is 12.6. The van der Waals surface area contributed by atoms with Gasteiger partial charge in [0, 0.05) is 30.7 Å². The zero-order valence-electron chi connectivity index (χ0n) is 20.8. The lowest BCUT2D eigenvalue weighted by atomic mass is 9.85. The third-order valence-corrected chi connectivity index (χ3v) is 8.94. The summed E-state index contributed by atoms with van der Waals surface area (Å²) in [6, 6.07) is 9.15. The molecular formula is C26H35ClN3O5P. The van der Waals surface area contributed by atoms with Crippen LogP contribution in [0, 0.1) is 12.8 Å². The van der Waals surface area contributed by atoms with Gasteiger partial charge in [0.2, 0.25) is 0 Å². The molecule has 0 spiro atoms. The average molecular weight is 536 g/mol. The van der Waals surface area contributed by atoms with Crippen LogP contribution >= 0.6 is 19.2 Å². The van der Waals surface area contributed by atoms with E-state index in [1.54, 1.807) is 11.0 Å². The van der Waals surface area contributed by atoms with Crippen LogP contribution in [0.3, 0.4) is 0 Å². The van der Waals surface area contributed by atoms with Crippen molar-refractivity contribution in [3.8, 4) is 17.0 Å². The standard InChI is InChI=1S/C26H35ClN3O5P/c1-17-25(35-21-7-4-8-22(14-21)36(32,33)34)12-11-24(29-17)23-10-9-20(27)13-19(23)15-28-26(31)30(2)16-18-5-3-6-18/h9-13,18,21-22H,3-8,14-16H2,1-2H3,(H,28,31)(H2,32,33,34). The van der Waals surface area contributed by atoms with Crippen molar-refractivity contribution in [1.29, 1.82) is 0 Å². The van der Waals surface area contributed by atoms with Crippen molar-refractivity contribution in [1.82, 2.24) is 15.2 Å². The number of nitrogens with zero attached hydrogens (tertiary/aromatic N) is 2. The van der Waals surface area contributed by atoms with Crippen LogP contribution in [-0.4, -0.2) is 51.1 Å². The SMILES string of the molecule is Cc1nc(-c2ccc(Cl)cc2CNC(=O)N(C)CC2CCC2)ccc1OC1CCCC(P(=O)(O)O)C1. The lowest BCUT2D eigenvalue weighted by Gasteiger charge is -2.30. The van der Waals surface area contributed by atoms with Gasteiger partial charge in [0.15, 0.2) is 0 Å². The molecule has 2 amide bonds. The fourth-order valence-corrected chi connectivity index (χ4v) is 6.17. The van der Waals surface area contributed by atoms with Crippen molar-refractivity contribution >= 4 is 25.2 Å². The zero-order valence-corrected chi connectivity index (χ0v) is 22.5. The van der Waals surface area contributed by atoms with Crippen molar-refractivity contribution in [3.63, 3.8) is 0 Å². The molecule has 2 aromatic rings. The fraction of sp³-hybridized carbons (Fsp3) is 0.538. The lowest BCUT2D eigenvalue weighted by Crippen LogP contribution is -2.40. The number of aryl methyl sites for hydroxylation is 1. The second kappa shape index (κ2) is 11.5. The maximum Gasteiger partial charge on any atom is 0.328 e. The minimum Gasteiger partial charge on any atom is -0.489 e. The predicted octanol–water partition coefficient (Wildman–Crippen LogP) is 5.52. The number of amides is 2. The van der Waals surface area contributed by atoms with Gasteiger partial charge in [-0.25, -0.2) is 9.78 Å². The summed E-state index contributed by atoms with van der Waals surface area (Å²) in [6.45, 7) is 2.95. The van der Waals surface area contributed by atoms with E-state index in [-0.39, 0.29) is 12.1 Å². The van der Waals surface area contributed by atoms with E-state index in [1.165, 1.54) is 19.3 Å². The molecule has 10 heteroatoms. The summed E-state index contributed by atoms with van der Waals surface area (Å²) in [5.74, 6) is 1.21. The number of halogens is 1. The Labute approximate surface area is 217 Å². The summed E-state index contributed by atoms with van der Waals surface area (Å²) < 4.78 is 17.8. The first-order valence-corrected chi connectivity index (χ1v) is 14.6. The Morgan fingerprint density at radius 3 is 2.61 bits per heavy atom. The third kappa shape index (κ3) is 6.80. The molecule has 0 aliphatic heterocycles. The molecule has 2 aliphatic rings. The van der Waals surface area contributed by atoms with Gasteiger partial charge in [-0.3, -0.25) is 4.57 Å². The van der Waals surface area contributed by atoms with Crippen LogP contribution in [0.1, 0.15) is 56.2 Å². The van der Waals surface area contributed by atoms with E-state index < -0.39 is 13.3 Å². The molecule has 1 aromatic carbocycles. The molecule has 3 N–H and O–H groups in total. The highest BCUT2D eigenvalue weighted by atomic mass is 35.5. The van der Waals surface area contributed by atoms with Crippen molar-refractivity contribution < 1.29 is 23.9 Å². The summed E-state index contributed by atoms with van der Waals surface area (Å²) in [5, 5.41) is 3.58. The van der Waals surface area contributed by atoms with Crippen LogP contribution in [0.5, 0.6) is 5.75 Å². The number of aromatic nitrogens is 1. The summed E-state index contributed by atoms with van der Waals surface area (Å²) in [7, 11) is -2.29. The molecule has 0 bridgehead atoms. The van der Waals surface area contributed by atoms with Gasteiger partial charge >= 0.3 is 13.6 Å². The molecule has 2 unspecified atom stereocenters. The number of carbonyl (C=O) groups excluding carboxylic acids is 1. The molecule has 1 aromatic heterocycles. The lowest BCUT2D eigenvalue weighted by molar-refractivity contribution is 0.148. The number of carbonyl (C=O) groups is 1. The Balaban J connectivity index is 1.44. The van der Waals surface area contributed by atoms with Crippen LogP contribution in [-0.2, 0) is 11.1 Å². The van der Waals surface area contributed by atoms with E-state index >= 15 is 0 Å². The normalized spacial score (nSPS) is 20.5. The fourth-order valence-electron chi connectivity index (χ4n) is 4.95. The minimum atomic E-state index is -4.12. The second-order valence-electron chi connectivity index (χ2n) is 10.1. The van der Waals surface area contributed by atoms with E-state index in [9.17, 15) is 19.1 Å². The minimum absolute atomic E-state index is 0.109. The van der Waals surface area contributed by atoms with Crippen LogP contribution in [0.25, 0.3) is 11.3 Å². The van der Waals surface area contributed by atoms with Crippen molar-refractivity contribution in [2.75, 3.05) is 13.6 Å². The molecule has 8 nitrogen and oxygen atoms in total. The maximum atomic E-state index is 12.6. The van der Waals surface area contributed by atoms with E-state index in [0.29, 0.717) is 41.8 Å². The summed E-state index contributed by atoms with van der Waals surface area (Å²) >= 11 is 6.27. The summed E-state index contributed by atoms with van der Waals surface area (Å²) in [5.41, 5.74) is 2.51. The number of hydrogen-bond acceptors (Lipinski definition) is 4. The highest BCUT2D eigenvalue weighted by molar-refractivity contribution is 7.52. The Kier molecular flexibility index (Phi) is 8.61. The topological polar surface area (TPSA) is 112 Å². The Morgan fingerprint density at radius 1 is 1.19 bits per heavy atom. The highest BCUT2D eigenvalue weighted by Crippen LogP contribution is 2.48. The maximum absolute atomic E-state index is 12.6. The van der Waals surface area contributed by atoms with Gasteiger partial charge in [0.05, 0.1) is 23.2 Å². The van der Waals surface area contributed by atoms with Gasteiger partial charge in [-0.15, -0.1) is 0 Å². The smallest absolute Gasteiger partial charge is 0.328 e. The summed E-state index contributed by atoms with van der Waals surface area (Å²) in [4.78, 5) is 38.2. The monoisotopic (exact) mass is 535 g/mol. The molecule has 2 fully saturated rings. The van der Waals surface area contributed by atoms with E-state index in [4.69, 9.17) is 21.3 Å². The summed E-state index contributed by atoms with van der Waals surface area (Å²) in [6.07, 6.45) is 5.71. The van der Waals surface area contributed by atoms with Crippen LogP contribution in [0.2, 0.25) is 5.02 Å². The van der Waals surface area contributed by atoms with Crippen molar-refractivity contribution in [2.24, 2.45) is 5.92 Å². The first-order chi connectivity index (χ1) is 17.1. The molecule has 4 rings (SSSR count). The number of pyridine rings is 1. The van der Waals surface area contributed by atoms with Crippen LogP contribution in [0.15, 0.2) is 30.3 Å². The average Bonchev–Trinajstić information content (AvgIpc) is 2.80. The number of hydrogen-bond donors (Lipinski definition) is 3. The number of ether oxygens (including phenoxy) is 1. The zero-order chi connectivity index (χ0) is 25.9. The van der Waals surface area contributed by atoms with E-state index in [0.717, 1.165) is 36.2 Å². The second-order valence-corrected chi connectivity index (χ2v) is 12.4. The van der Waals surface area contributed by atoms with Crippen molar-refractivity contribution in [3.05, 3.63) is 46.6 Å². The van der Waals surface area contributed by atoms with Gasteiger partial charge in [-0.2, -0.15) is 0 Å². The van der Waals surface area contributed by atoms with E-state index in [2.05, 4.69) is 5.32 Å². The molecule has 2 saturated carbocycles. The molecule has 1 heterocycles. The molecular weight excluding hydrogens is 501 g/mol. The predicted molar refractivity (Wildman–Crippen MR) is 140 cm³/mol. The van der Waals surface area contributed by atoms with E-state index in [1.807, 2.05) is 38.2 Å². The molecule has 0 saturated heterocycles. The van der Waals surface area contributed by atoms with Crippen LogP contribution in [0.4, 0.5) is 4.79 Å². The molecule has 0 radical (unpaired) electrons. The molecule has 196 valence electrons. The Morgan fingerprint density at radius 2 is 1.94 bits per heavy atom. The van der Waals surface area contributed by atoms with Gasteiger partial charge in [-0.1, -0.05) is 24.1 Å². The first kappa shape index (κ1) is 26.9. The largest absolute Gasteiger partial charge is 0.489 e. The Hall–Kier alpha value is -2.12. The van der Waals surface area contributed by atoms with Gasteiger partial charge < -0.3 is 24.7 Å². The molecule has 2 aliphatic carbocycles. The molecule has 2 atom stereocenters. The van der Waals surface area contributed by atoms with Gasteiger partial charge in [-0.05, 0) is 81.2 Å². The number of nitrogens with one attached hydrogen (secondary N) is 1. The number of benzene rings is 1. The van der Waals surface area contributed by atoms with Crippen molar-refractivity contribution in [2.45, 2.75) is 70.2 Å². The quantitative estimate of drug-likeness (QED) is 0.384. The van der Waals surface area contributed by atoms with Gasteiger partial charge in [0.1, 0.15) is 5.75 Å². The van der Waals surface area contributed by atoms with Crippen LogP contribution < -0.4 is 10.1 Å².